The van der Waals surface area contributed by atoms with Gasteiger partial charge in [0.2, 0.25) is 0 Å². The summed E-state index contributed by atoms with van der Waals surface area (Å²) in [7, 11) is 0. The number of piperidine rings is 1. The van der Waals surface area contributed by atoms with Crippen LogP contribution in [0.5, 0.6) is 0 Å². The molecule has 0 atom stereocenters. The molecule has 0 amide bonds. The molecule has 0 unspecified atom stereocenters. The van der Waals surface area contributed by atoms with Crippen LogP contribution >= 0.6 is 12.2 Å². The summed E-state index contributed by atoms with van der Waals surface area (Å²) < 4.78 is 0. The molecule has 0 spiro atoms. The lowest BCUT2D eigenvalue weighted by Crippen LogP contribution is -2.41. The molecule has 2 rings (SSSR count). The molecule has 1 fully saturated rings. The Morgan fingerprint density at radius 2 is 2.29 bits per heavy atom. The van der Waals surface area contributed by atoms with E-state index in [4.69, 9.17) is 18.0 Å². The fourth-order valence-corrected chi connectivity index (χ4v) is 2.63. The molecule has 4 heteroatoms. The van der Waals surface area contributed by atoms with Crippen LogP contribution in [0.15, 0.2) is 18.3 Å². The summed E-state index contributed by atoms with van der Waals surface area (Å²) in [6.07, 6.45) is 4.22. The van der Waals surface area contributed by atoms with Gasteiger partial charge in [-0.25, -0.2) is 0 Å². The SMILES string of the molecule is CC1(C)CCCN(c2cccnc2C(N)=S)C1. The third-order valence-corrected chi connectivity index (χ3v) is 3.45. The summed E-state index contributed by atoms with van der Waals surface area (Å²) in [6.45, 7) is 6.70. The van der Waals surface area contributed by atoms with Gasteiger partial charge in [0, 0.05) is 19.3 Å². The normalized spacial score (nSPS) is 19.1. The lowest BCUT2D eigenvalue weighted by Gasteiger charge is -2.39. The number of pyridine rings is 1. The van der Waals surface area contributed by atoms with Crippen LogP contribution in [0.1, 0.15) is 32.4 Å². The van der Waals surface area contributed by atoms with Crippen molar-refractivity contribution in [1.29, 1.82) is 0 Å². The molecule has 1 saturated heterocycles. The van der Waals surface area contributed by atoms with Crippen LogP contribution in [0.2, 0.25) is 0 Å². The van der Waals surface area contributed by atoms with Crippen molar-refractivity contribution in [1.82, 2.24) is 4.98 Å². The molecule has 0 aromatic carbocycles. The van der Waals surface area contributed by atoms with Crippen molar-refractivity contribution in [3.63, 3.8) is 0 Å². The zero-order chi connectivity index (χ0) is 12.5. The minimum absolute atomic E-state index is 0.349. The van der Waals surface area contributed by atoms with Crippen LogP contribution in [0.3, 0.4) is 0 Å². The van der Waals surface area contributed by atoms with E-state index >= 15 is 0 Å². The van der Waals surface area contributed by atoms with Crippen molar-refractivity contribution < 1.29 is 0 Å². The van der Waals surface area contributed by atoms with E-state index in [-0.39, 0.29) is 0 Å². The minimum atomic E-state index is 0.349. The molecular formula is C13H19N3S. The van der Waals surface area contributed by atoms with E-state index in [1.807, 2.05) is 6.07 Å². The fourth-order valence-electron chi connectivity index (χ4n) is 2.47. The molecule has 3 nitrogen and oxygen atoms in total. The van der Waals surface area contributed by atoms with E-state index in [2.05, 4.69) is 29.8 Å². The van der Waals surface area contributed by atoms with Gasteiger partial charge in [-0.05, 0) is 30.4 Å². The fraction of sp³-hybridized carbons (Fsp3) is 0.538. The standard InChI is InChI=1S/C13H19N3S/c1-13(2)6-4-8-16(9-13)10-5-3-7-15-11(10)12(14)17/h3,5,7H,4,6,8-9H2,1-2H3,(H2,14,17). The zero-order valence-corrected chi connectivity index (χ0v) is 11.3. The molecule has 17 heavy (non-hydrogen) atoms. The predicted molar refractivity (Wildman–Crippen MR) is 75.4 cm³/mol. The first-order valence-electron chi connectivity index (χ1n) is 5.99. The maximum absolute atomic E-state index is 5.73. The number of nitrogens with two attached hydrogens (primary N) is 1. The number of hydrogen-bond acceptors (Lipinski definition) is 3. The van der Waals surface area contributed by atoms with E-state index in [1.54, 1.807) is 6.20 Å². The summed E-state index contributed by atoms with van der Waals surface area (Å²) in [4.78, 5) is 7.02. The molecule has 2 N–H and O–H groups in total. The average Bonchev–Trinajstić information content (AvgIpc) is 2.27. The molecule has 92 valence electrons. The Labute approximate surface area is 108 Å². The van der Waals surface area contributed by atoms with Gasteiger partial charge in [-0.3, -0.25) is 4.98 Å². The van der Waals surface area contributed by atoms with E-state index in [0.29, 0.717) is 10.4 Å². The summed E-state index contributed by atoms with van der Waals surface area (Å²) in [5.74, 6) is 0. The number of anilines is 1. The highest BCUT2D eigenvalue weighted by atomic mass is 32.1. The minimum Gasteiger partial charge on any atom is -0.388 e. The molecule has 1 aliphatic rings. The number of aromatic nitrogens is 1. The number of rotatable bonds is 2. The third kappa shape index (κ3) is 2.75. The summed E-state index contributed by atoms with van der Waals surface area (Å²) in [5, 5.41) is 0. The Morgan fingerprint density at radius 1 is 1.53 bits per heavy atom. The van der Waals surface area contributed by atoms with Gasteiger partial charge in [0.05, 0.1) is 5.69 Å². The molecule has 2 heterocycles. The third-order valence-electron chi connectivity index (χ3n) is 3.26. The molecule has 1 aliphatic heterocycles. The van der Waals surface area contributed by atoms with Gasteiger partial charge in [0.25, 0.3) is 0 Å². The summed E-state index contributed by atoms with van der Waals surface area (Å²) >= 11 is 5.06. The van der Waals surface area contributed by atoms with Crippen LogP contribution in [-0.4, -0.2) is 23.1 Å². The predicted octanol–water partition coefficient (Wildman–Crippen LogP) is 2.34. The van der Waals surface area contributed by atoms with Gasteiger partial charge in [-0.2, -0.15) is 0 Å². The van der Waals surface area contributed by atoms with Crippen molar-refractivity contribution in [2.45, 2.75) is 26.7 Å². The number of hydrogen-bond donors (Lipinski definition) is 1. The first-order chi connectivity index (χ1) is 7.99. The second kappa shape index (κ2) is 4.61. The van der Waals surface area contributed by atoms with Crippen molar-refractivity contribution in [2.75, 3.05) is 18.0 Å². The number of nitrogens with zero attached hydrogens (tertiary/aromatic N) is 2. The molecule has 0 aliphatic carbocycles. The molecule has 0 radical (unpaired) electrons. The van der Waals surface area contributed by atoms with Crippen LogP contribution in [0, 0.1) is 5.41 Å². The lowest BCUT2D eigenvalue weighted by atomic mass is 9.84. The first kappa shape index (κ1) is 12.3. The van der Waals surface area contributed by atoms with Crippen molar-refractivity contribution in [2.24, 2.45) is 11.1 Å². The van der Waals surface area contributed by atoms with E-state index in [1.165, 1.54) is 12.8 Å². The zero-order valence-electron chi connectivity index (χ0n) is 10.4. The van der Waals surface area contributed by atoms with Gasteiger partial charge < -0.3 is 10.6 Å². The van der Waals surface area contributed by atoms with E-state index in [9.17, 15) is 0 Å². The van der Waals surface area contributed by atoms with Gasteiger partial charge in [0.1, 0.15) is 10.7 Å². The summed E-state index contributed by atoms with van der Waals surface area (Å²) in [5.41, 5.74) is 7.91. The van der Waals surface area contributed by atoms with Gasteiger partial charge in [-0.1, -0.05) is 26.1 Å². The van der Waals surface area contributed by atoms with Crippen LogP contribution in [-0.2, 0) is 0 Å². The second-order valence-corrected chi connectivity index (χ2v) is 5.86. The van der Waals surface area contributed by atoms with E-state index < -0.39 is 0 Å². The molecule has 1 aromatic rings. The Bertz CT molecular complexity index is 428. The first-order valence-corrected chi connectivity index (χ1v) is 6.40. The maximum atomic E-state index is 5.73. The Kier molecular flexibility index (Phi) is 3.33. The molecular weight excluding hydrogens is 230 g/mol. The molecule has 1 aromatic heterocycles. The molecule has 0 bridgehead atoms. The Morgan fingerprint density at radius 3 is 2.94 bits per heavy atom. The highest BCUT2D eigenvalue weighted by molar-refractivity contribution is 7.80. The summed E-state index contributed by atoms with van der Waals surface area (Å²) in [6, 6.07) is 4.00. The van der Waals surface area contributed by atoms with Gasteiger partial charge in [0.15, 0.2) is 0 Å². The Balaban J connectivity index is 2.30. The van der Waals surface area contributed by atoms with Crippen molar-refractivity contribution in [3.05, 3.63) is 24.0 Å². The Hall–Kier alpha value is -1.16. The van der Waals surface area contributed by atoms with Crippen LogP contribution in [0.25, 0.3) is 0 Å². The van der Waals surface area contributed by atoms with Crippen molar-refractivity contribution >= 4 is 22.9 Å². The van der Waals surface area contributed by atoms with Crippen LogP contribution in [0.4, 0.5) is 5.69 Å². The highest BCUT2D eigenvalue weighted by Crippen LogP contribution is 2.32. The largest absolute Gasteiger partial charge is 0.388 e. The van der Waals surface area contributed by atoms with Gasteiger partial charge in [-0.15, -0.1) is 0 Å². The maximum Gasteiger partial charge on any atom is 0.124 e. The average molecular weight is 249 g/mol. The second-order valence-electron chi connectivity index (χ2n) is 5.42. The van der Waals surface area contributed by atoms with E-state index in [0.717, 1.165) is 24.5 Å². The molecule has 0 saturated carbocycles. The van der Waals surface area contributed by atoms with Gasteiger partial charge >= 0.3 is 0 Å². The van der Waals surface area contributed by atoms with Crippen LogP contribution < -0.4 is 10.6 Å². The smallest absolute Gasteiger partial charge is 0.124 e. The quantitative estimate of drug-likeness (QED) is 0.817. The van der Waals surface area contributed by atoms with Crippen molar-refractivity contribution in [3.8, 4) is 0 Å². The lowest BCUT2D eigenvalue weighted by molar-refractivity contribution is 0.293. The number of thiocarbonyl (C=S) groups is 1. The monoisotopic (exact) mass is 249 g/mol. The highest BCUT2D eigenvalue weighted by Gasteiger charge is 2.27. The topological polar surface area (TPSA) is 42.2 Å².